The fraction of sp³-hybridized carbons (Fsp3) is 0.571. The van der Waals surface area contributed by atoms with Crippen molar-refractivity contribution in [3.05, 3.63) is 35.4 Å². The summed E-state index contributed by atoms with van der Waals surface area (Å²) in [5.74, 6) is -1.06. The van der Waals surface area contributed by atoms with E-state index in [-0.39, 0.29) is 0 Å². The molecule has 100 valence electrons. The van der Waals surface area contributed by atoms with E-state index in [0.29, 0.717) is 24.1 Å². The Kier molecular flexibility index (Phi) is 4.66. The first-order valence-corrected chi connectivity index (χ1v) is 6.47. The lowest BCUT2D eigenvalue weighted by atomic mass is 9.99. The topological polar surface area (TPSA) is 21.3 Å². The molecule has 18 heavy (non-hydrogen) atoms. The van der Waals surface area contributed by atoms with E-state index in [1.807, 2.05) is 0 Å². The Morgan fingerprint density at radius 2 is 2.22 bits per heavy atom. The molecule has 1 saturated heterocycles. The molecule has 0 radical (unpaired) electrons. The van der Waals surface area contributed by atoms with Crippen LogP contribution in [0.1, 0.15) is 25.3 Å². The van der Waals surface area contributed by atoms with Crippen molar-refractivity contribution >= 4 is 0 Å². The molecular weight excluding hydrogens is 236 g/mol. The maximum absolute atomic E-state index is 13.4. The predicted octanol–water partition coefficient (Wildman–Crippen LogP) is 2.87. The molecule has 1 aromatic carbocycles. The van der Waals surface area contributed by atoms with Gasteiger partial charge in [0, 0.05) is 25.3 Å². The Hall–Kier alpha value is -1.00. The van der Waals surface area contributed by atoms with E-state index in [2.05, 4.69) is 12.2 Å². The zero-order valence-electron chi connectivity index (χ0n) is 10.6. The molecule has 1 aromatic rings. The van der Waals surface area contributed by atoms with Crippen LogP contribution in [-0.2, 0) is 11.3 Å². The Morgan fingerprint density at radius 3 is 3.00 bits per heavy atom. The van der Waals surface area contributed by atoms with Crippen molar-refractivity contribution in [1.82, 2.24) is 5.32 Å². The van der Waals surface area contributed by atoms with Crippen LogP contribution in [0.3, 0.4) is 0 Å². The van der Waals surface area contributed by atoms with Gasteiger partial charge in [-0.05, 0) is 24.8 Å². The molecule has 0 bridgehead atoms. The highest BCUT2D eigenvalue weighted by Gasteiger charge is 2.26. The second-order valence-electron chi connectivity index (χ2n) is 4.71. The van der Waals surface area contributed by atoms with Crippen molar-refractivity contribution in [2.45, 2.75) is 32.4 Å². The Labute approximate surface area is 106 Å². The molecule has 4 heteroatoms. The van der Waals surface area contributed by atoms with Crippen LogP contribution in [0, 0.1) is 17.6 Å². The van der Waals surface area contributed by atoms with Crippen molar-refractivity contribution in [1.29, 1.82) is 0 Å². The van der Waals surface area contributed by atoms with Gasteiger partial charge in [-0.1, -0.05) is 19.1 Å². The maximum Gasteiger partial charge on any atom is 0.163 e. The SMILES string of the molecule is CCC1OCCC1CNCc1cccc(F)c1F. The molecule has 1 fully saturated rings. The Morgan fingerprint density at radius 1 is 1.39 bits per heavy atom. The lowest BCUT2D eigenvalue weighted by molar-refractivity contribution is 0.0872. The summed E-state index contributed by atoms with van der Waals surface area (Å²) < 4.78 is 32.0. The van der Waals surface area contributed by atoms with Crippen LogP contribution < -0.4 is 5.32 Å². The van der Waals surface area contributed by atoms with Crippen molar-refractivity contribution in [3.8, 4) is 0 Å². The number of hydrogen-bond donors (Lipinski definition) is 1. The predicted molar refractivity (Wildman–Crippen MR) is 66.2 cm³/mol. The molecule has 0 saturated carbocycles. The first-order valence-electron chi connectivity index (χ1n) is 6.47. The standard InChI is InChI=1S/C14H19F2NO/c1-2-13-10(6-7-18-13)8-17-9-11-4-3-5-12(15)14(11)16/h3-5,10,13,17H,2,6-9H2,1H3. The first-order chi connectivity index (χ1) is 8.72. The minimum absolute atomic E-state index is 0.301. The quantitative estimate of drug-likeness (QED) is 0.873. The fourth-order valence-electron chi connectivity index (χ4n) is 2.45. The highest BCUT2D eigenvalue weighted by atomic mass is 19.2. The van der Waals surface area contributed by atoms with E-state index in [1.54, 1.807) is 6.07 Å². The molecule has 0 amide bonds. The minimum atomic E-state index is -0.787. The highest BCUT2D eigenvalue weighted by molar-refractivity contribution is 5.18. The van der Waals surface area contributed by atoms with Crippen molar-refractivity contribution < 1.29 is 13.5 Å². The van der Waals surface area contributed by atoms with E-state index in [4.69, 9.17) is 4.74 Å². The van der Waals surface area contributed by atoms with Crippen LogP contribution in [0.2, 0.25) is 0 Å². The summed E-state index contributed by atoms with van der Waals surface area (Å²) in [6.07, 6.45) is 2.34. The van der Waals surface area contributed by atoms with Gasteiger partial charge in [0.25, 0.3) is 0 Å². The number of rotatable bonds is 5. The third-order valence-corrected chi connectivity index (χ3v) is 3.50. The van der Waals surface area contributed by atoms with Crippen molar-refractivity contribution in [3.63, 3.8) is 0 Å². The summed E-state index contributed by atoms with van der Waals surface area (Å²) in [5.41, 5.74) is 0.377. The summed E-state index contributed by atoms with van der Waals surface area (Å²) in [6, 6.07) is 4.27. The van der Waals surface area contributed by atoms with E-state index >= 15 is 0 Å². The number of ether oxygens (including phenoxy) is 1. The molecule has 1 aliphatic rings. The Balaban J connectivity index is 1.83. The number of hydrogen-bond acceptors (Lipinski definition) is 2. The average molecular weight is 255 g/mol. The van der Waals surface area contributed by atoms with E-state index in [9.17, 15) is 8.78 Å². The summed E-state index contributed by atoms with van der Waals surface area (Å²) >= 11 is 0. The van der Waals surface area contributed by atoms with Gasteiger partial charge in [-0.3, -0.25) is 0 Å². The maximum atomic E-state index is 13.4. The van der Waals surface area contributed by atoms with Crippen molar-refractivity contribution in [2.75, 3.05) is 13.2 Å². The van der Waals surface area contributed by atoms with Gasteiger partial charge in [-0.25, -0.2) is 8.78 Å². The fourth-order valence-corrected chi connectivity index (χ4v) is 2.45. The molecule has 0 spiro atoms. The Bertz CT molecular complexity index is 397. The summed E-state index contributed by atoms with van der Waals surface area (Å²) in [6.45, 7) is 4.05. The first kappa shape index (κ1) is 13.4. The van der Waals surface area contributed by atoms with Crippen LogP contribution in [0.25, 0.3) is 0 Å². The largest absolute Gasteiger partial charge is 0.378 e. The molecule has 1 N–H and O–H groups in total. The second-order valence-corrected chi connectivity index (χ2v) is 4.71. The molecule has 2 rings (SSSR count). The van der Waals surface area contributed by atoms with Crippen LogP contribution in [-0.4, -0.2) is 19.3 Å². The van der Waals surface area contributed by atoms with Gasteiger partial charge < -0.3 is 10.1 Å². The van der Waals surface area contributed by atoms with Gasteiger partial charge in [-0.2, -0.15) is 0 Å². The molecule has 0 aromatic heterocycles. The third kappa shape index (κ3) is 3.06. The molecule has 1 heterocycles. The zero-order valence-corrected chi connectivity index (χ0v) is 10.6. The lowest BCUT2D eigenvalue weighted by Crippen LogP contribution is -2.28. The smallest absolute Gasteiger partial charge is 0.163 e. The second kappa shape index (κ2) is 6.25. The molecule has 2 atom stereocenters. The van der Waals surface area contributed by atoms with Crippen LogP contribution in [0.15, 0.2) is 18.2 Å². The molecule has 1 aliphatic heterocycles. The van der Waals surface area contributed by atoms with Gasteiger partial charge in [-0.15, -0.1) is 0 Å². The third-order valence-electron chi connectivity index (χ3n) is 3.50. The van der Waals surface area contributed by atoms with E-state index < -0.39 is 11.6 Å². The molecule has 0 aliphatic carbocycles. The van der Waals surface area contributed by atoms with Crippen LogP contribution in [0.5, 0.6) is 0 Å². The zero-order chi connectivity index (χ0) is 13.0. The van der Waals surface area contributed by atoms with E-state index in [0.717, 1.165) is 32.1 Å². The van der Waals surface area contributed by atoms with Crippen LogP contribution >= 0.6 is 0 Å². The van der Waals surface area contributed by atoms with Gasteiger partial charge >= 0.3 is 0 Å². The van der Waals surface area contributed by atoms with Gasteiger partial charge in [0.05, 0.1) is 6.10 Å². The monoisotopic (exact) mass is 255 g/mol. The minimum Gasteiger partial charge on any atom is -0.378 e. The summed E-state index contributed by atoms with van der Waals surface area (Å²) in [5, 5.41) is 3.19. The van der Waals surface area contributed by atoms with Gasteiger partial charge in [0.2, 0.25) is 0 Å². The lowest BCUT2D eigenvalue weighted by Gasteiger charge is -2.17. The molecule has 2 unspecified atom stereocenters. The normalized spacial score (nSPS) is 23.5. The van der Waals surface area contributed by atoms with Crippen LogP contribution in [0.4, 0.5) is 8.78 Å². The summed E-state index contributed by atoms with van der Waals surface area (Å²) in [4.78, 5) is 0. The number of benzene rings is 1. The van der Waals surface area contributed by atoms with Gasteiger partial charge in [0.1, 0.15) is 0 Å². The highest BCUT2D eigenvalue weighted by Crippen LogP contribution is 2.22. The summed E-state index contributed by atoms with van der Waals surface area (Å²) in [7, 11) is 0. The molecule has 2 nitrogen and oxygen atoms in total. The molecular formula is C14H19F2NO. The number of halogens is 2. The number of nitrogens with one attached hydrogen (secondary N) is 1. The van der Waals surface area contributed by atoms with Crippen molar-refractivity contribution in [2.24, 2.45) is 5.92 Å². The average Bonchev–Trinajstić information content (AvgIpc) is 2.82. The van der Waals surface area contributed by atoms with Gasteiger partial charge in [0.15, 0.2) is 11.6 Å². The van der Waals surface area contributed by atoms with E-state index in [1.165, 1.54) is 6.07 Å².